The number of halogens is 1. The van der Waals surface area contributed by atoms with Crippen LogP contribution in [0.5, 0.6) is 0 Å². The van der Waals surface area contributed by atoms with Gasteiger partial charge in [-0.2, -0.15) is 0 Å². The van der Waals surface area contributed by atoms with Crippen molar-refractivity contribution in [2.45, 2.75) is 19.3 Å². The van der Waals surface area contributed by atoms with Crippen LogP contribution in [-0.4, -0.2) is 19.9 Å². The molecule has 16 heavy (non-hydrogen) atoms. The summed E-state index contributed by atoms with van der Waals surface area (Å²) >= 11 is 3.52. The second-order valence-electron chi connectivity index (χ2n) is 4.51. The first-order valence-electron chi connectivity index (χ1n) is 5.66. The molecule has 1 aromatic carbocycles. The van der Waals surface area contributed by atoms with E-state index in [9.17, 15) is 4.79 Å². The largest absolute Gasteiger partial charge is 0.373 e. The van der Waals surface area contributed by atoms with Crippen LogP contribution in [0.15, 0.2) is 22.7 Å². The Labute approximate surface area is 105 Å². The van der Waals surface area contributed by atoms with Gasteiger partial charge in [0.2, 0.25) is 0 Å². The van der Waals surface area contributed by atoms with E-state index in [0.29, 0.717) is 5.56 Å². The fourth-order valence-corrected chi connectivity index (χ4v) is 2.77. The van der Waals surface area contributed by atoms with E-state index in [1.165, 1.54) is 19.3 Å². The van der Waals surface area contributed by atoms with Crippen molar-refractivity contribution in [1.29, 1.82) is 0 Å². The molecule has 0 atom stereocenters. The molecule has 0 N–H and O–H groups in total. The van der Waals surface area contributed by atoms with Gasteiger partial charge in [-0.05, 0) is 52.9 Å². The van der Waals surface area contributed by atoms with Crippen molar-refractivity contribution in [3.63, 3.8) is 0 Å². The van der Waals surface area contributed by atoms with Crippen molar-refractivity contribution in [2.75, 3.05) is 18.5 Å². The molecule has 1 fully saturated rings. The molecule has 1 aliphatic carbocycles. The summed E-state index contributed by atoms with van der Waals surface area (Å²) in [5, 5.41) is 0. The third-order valence-electron chi connectivity index (χ3n) is 3.28. The maximum Gasteiger partial charge on any atom is 0.150 e. The molecule has 0 aliphatic heterocycles. The van der Waals surface area contributed by atoms with Crippen molar-refractivity contribution in [2.24, 2.45) is 5.92 Å². The van der Waals surface area contributed by atoms with Crippen LogP contribution in [0.25, 0.3) is 0 Å². The lowest BCUT2D eigenvalue weighted by molar-refractivity contribution is 0.112. The summed E-state index contributed by atoms with van der Waals surface area (Å²) in [4.78, 5) is 12.9. The second kappa shape index (κ2) is 5.00. The number of aldehydes is 1. The molecule has 0 bridgehead atoms. The number of carbonyl (C=O) groups is 1. The lowest BCUT2D eigenvalue weighted by atomic mass is 9.85. The highest BCUT2D eigenvalue weighted by molar-refractivity contribution is 9.10. The summed E-state index contributed by atoms with van der Waals surface area (Å²) in [5.74, 6) is 0.850. The van der Waals surface area contributed by atoms with Crippen molar-refractivity contribution in [3.8, 4) is 0 Å². The zero-order valence-corrected chi connectivity index (χ0v) is 11.0. The van der Waals surface area contributed by atoms with E-state index in [0.717, 1.165) is 28.9 Å². The molecule has 86 valence electrons. The van der Waals surface area contributed by atoms with Gasteiger partial charge in [0.05, 0.1) is 5.69 Å². The molecule has 1 aromatic rings. The van der Waals surface area contributed by atoms with Gasteiger partial charge in [-0.15, -0.1) is 0 Å². The predicted molar refractivity (Wildman–Crippen MR) is 70.1 cm³/mol. The van der Waals surface area contributed by atoms with E-state index in [1.807, 2.05) is 18.2 Å². The molecule has 0 radical (unpaired) electrons. The van der Waals surface area contributed by atoms with Gasteiger partial charge in [-0.3, -0.25) is 4.79 Å². The molecule has 1 saturated carbocycles. The van der Waals surface area contributed by atoms with E-state index in [4.69, 9.17) is 0 Å². The van der Waals surface area contributed by atoms with Gasteiger partial charge < -0.3 is 4.90 Å². The Kier molecular flexibility index (Phi) is 3.64. The molecular formula is C13H16BrNO. The average molecular weight is 282 g/mol. The summed E-state index contributed by atoms with van der Waals surface area (Å²) in [5.41, 5.74) is 1.88. The first kappa shape index (κ1) is 11.6. The molecule has 2 nitrogen and oxygen atoms in total. The number of anilines is 1. The molecule has 0 saturated heterocycles. The van der Waals surface area contributed by atoms with E-state index in [-0.39, 0.29) is 0 Å². The van der Waals surface area contributed by atoms with Crippen LogP contribution in [-0.2, 0) is 0 Å². The maximum absolute atomic E-state index is 10.6. The van der Waals surface area contributed by atoms with Crippen LogP contribution in [0.1, 0.15) is 29.6 Å². The molecule has 0 spiro atoms. The van der Waals surface area contributed by atoms with Gasteiger partial charge in [0.15, 0.2) is 0 Å². The molecule has 1 aliphatic rings. The quantitative estimate of drug-likeness (QED) is 0.788. The molecule has 3 heteroatoms. The number of benzene rings is 1. The minimum Gasteiger partial charge on any atom is -0.373 e. The SMILES string of the molecule is CN(CC1CCC1)c1ccc(C=O)cc1Br. The van der Waals surface area contributed by atoms with Crippen molar-refractivity contribution >= 4 is 27.9 Å². The second-order valence-corrected chi connectivity index (χ2v) is 5.36. The van der Waals surface area contributed by atoms with Crippen LogP contribution >= 0.6 is 15.9 Å². The zero-order chi connectivity index (χ0) is 11.5. The number of carbonyl (C=O) groups excluding carboxylic acids is 1. The number of hydrogen-bond acceptors (Lipinski definition) is 2. The monoisotopic (exact) mass is 281 g/mol. The van der Waals surface area contributed by atoms with E-state index >= 15 is 0 Å². The average Bonchev–Trinajstić information content (AvgIpc) is 2.23. The smallest absolute Gasteiger partial charge is 0.150 e. The van der Waals surface area contributed by atoms with Gasteiger partial charge in [-0.25, -0.2) is 0 Å². The van der Waals surface area contributed by atoms with Crippen molar-refractivity contribution in [1.82, 2.24) is 0 Å². The predicted octanol–water partition coefficient (Wildman–Crippen LogP) is 3.50. The normalized spacial score (nSPS) is 15.6. The molecule has 2 rings (SSSR count). The number of nitrogens with zero attached hydrogens (tertiary/aromatic N) is 1. The van der Waals surface area contributed by atoms with Crippen LogP contribution in [0, 0.1) is 5.92 Å². The van der Waals surface area contributed by atoms with E-state index in [2.05, 4.69) is 27.9 Å². The van der Waals surface area contributed by atoms with Gasteiger partial charge in [0, 0.05) is 23.6 Å². The van der Waals surface area contributed by atoms with Gasteiger partial charge >= 0.3 is 0 Å². The third kappa shape index (κ3) is 2.46. The summed E-state index contributed by atoms with van der Waals surface area (Å²) in [6, 6.07) is 5.75. The highest BCUT2D eigenvalue weighted by Gasteiger charge is 2.19. The first-order valence-corrected chi connectivity index (χ1v) is 6.46. The zero-order valence-electron chi connectivity index (χ0n) is 9.45. The third-order valence-corrected chi connectivity index (χ3v) is 3.91. The summed E-state index contributed by atoms with van der Waals surface area (Å²) in [6.07, 6.45) is 4.97. The highest BCUT2D eigenvalue weighted by atomic mass is 79.9. The van der Waals surface area contributed by atoms with Crippen LogP contribution in [0.4, 0.5) is 5.69 Å². The first-order chi connectivity index (χ1) is 7.70. The van der Waals surface area contributed by atoms with Gasteiger partial charge in [0.1, 0.15) is 6.29 Å². The van der Waals surface area contributed by atoms with Crippen molar-refractivity contribution in [3.05, 3.63) is 28.2 Å². The van der Waals surface area contributed by atoms with Crippen LogP contribution in [0.2, 0.25) is 0 Å². The number of hydrogen-bond donors (Lipinski definition) is 0. The molecule has 0 unspecified atom stereocenters. The van der Waals surface area contributed by atoms with Gasteiger partial charge in [0.25, 0.3) is 0 Å². The maximum atomic E-state index is 10.6. The molecule has 0 aromatic heterocycles. The Bertz CT molecular complexity index is 388. The summed E-state index contributed by atoms with van der Waals surface area (Å²) in [7, 11) is 2.11. The molecule has 0 amide bonds. The lowest BCUT2D eigenvalue weighted by Gasteiger charge is -2.31. The topological polar surface area (TPSA) is 20.3 Å². The highest BCUT2D eigenvalue weighted by Crippen LogP contribution is 2.31. The Hall–Kier alpha value is -0.830. The summed E-state index contributed by atoms with van der Waals surface area (Å²) < 4.78 is 0.999. The number of rotatable bonds is 4. The Balaban J connectivity index is 2.09. The molecular weight excluding hydrogens is 266 g/mol. The standard InChI is InChI=1S/C13H16BrNO/c1-15(8-10-3-2-4-10)13-6-5-11(9-16)7-12(13)14/h5-7,9-10H,2-4,8H2,1H3. The Morgan fingerprint density at radius 3 is 2.75 bits per heavy atom. The van der Waals surface area contributed by atoms with Crippen LogP contribution < -0.4 is 4.90 Å². The minimum atomic E-state index is 0.715. The van der Waals surface area contributed by atoms with E-state index < -0.39 is 0 Å². The van der Waals surface area contributed by atoms with Crippen LogP contribution in [0.3, 0.4) is 0 Å². The Morgan fingerprint density at radius 2 is 2.25 bits per heavy atom. The summed E-state index contributed by atoms with van der Waals surface area (Å²) in [6.45, 7) is 1.11. The molecule has 0 heterocycles. The fourth-order valence-electron chi connectivity index (χ4n) is 2.07. The Morgan fingerprint density at radius 1 is 1.50 bits per heavy atom. The van der Waals surface area contributed by atoms with Crippen molar-refractivity contribution < 1.29 is 4.79 Å². The van der Waals surface area contributed by atoms with E-state index in [1.54, 1.807) is 0 Å². The fraction of sp³-hybridized carbons (Fsp3) is 0.462. The lowest BCUT2D eigenvalue weighted by Crippen LogP contribution is -2.29. The minimum absolute atomic E-state index is 0.715. The van der Waals surface area contributed by atoms with Gasteiger partial charge in [-0.1, -0.05) is 6.42 Å².